The SMILES string of the molecule is C=CC(=O)NC1CCC(Oc2nc(Nc3cnn(C)c3)nc3ccsc23)CC1. The van der Waals surface area contributed by atoms with Crippen molar-refractivity contribution < 1.29 is 9.53 Å². The maximum atomic E-state index is 11.5. The van der Waals surface area contributed by atoms with Crippen molar-refractivity contribution in [1.29, 1.82) is 0 Å². The Balaban J connectivity index is 1.47. The van der Waals surface area contributed by atoms with E-state index < -0.39 is 0 Å². The maximum Gasteiger partial charge on any atom is 0.243 e. The Morgan fingerprint density at radius 3 is 2.89 bits per heavy atom. The molecule has 4 rings (SSSR count). The molecule has 0 radical (unpaired) electrons. The number of fused-ring (bicyclic) bond motifs is 1. The van der Waals surface area contributed by atoms with Gasteiger partial charge in [0.1, 0.15) is 10.8 Å². The van der Waals surface area contributed by atoms with E-state index >= 15 is 0 Å². The van der Waals surface area contributed by atoms with E-state index in [0.717, 1.165) is 41.6 Å². The predicted octanol–water partition coefficient (Wildman–Crippen LogP) is 3.16. The number of hydrogen-bond donors (Lipinski definition) is 2. The van der Waals surface area contributed by atoms with Crippen LogP contribution >= 0.6 is 11.3 Å². The van der Waals surface area contributed by atoms with Crippen LogP contribution in [0.5, 0.6) is 5.88 Å². The molecule has 9 heteroatoms. The van der Waals surface area contributed by atoms with Crippen molar-refractivity contribution in [1.82, 2.24) is 25.1 Å². The van der Waals surface area contributed by atoms with E-state index in [-0.39, 0.29) is 18.1 Å². The number of rotatable bonds is 6. The Labute approximate surface area is 166 Å². The second kappa shape index (κ2) is 7.97. The van der Waals surface area contributed by atoms with E-state index in [9.17, 15) is 4.79 Å². The summed E-state index contributed by atoms with van der Waals surface area (Å²) in [5, 5.41) is 12.3. The molecule has 0 unspecified atom stereocenters. The quantitative estimate of drug-likeness (QED) is 0.620. The molecule has 1 aliphatic rings. The lowest BCUT2D eigenvalue weighted by Gasteiger charge is -2.29. The molecule has 2 N–H and O–H groups in total. The van der Waals surface area contributed by atoms with Gasteiger partial charge in [-0.2, -0.15) is 10.1 Å². The summed E-state index contributed by atoms with van der Waals surface area (Å²) in [4.78, 5) is 20.6. The van der Waals surface area contributed by atoms with Gasteiger partial charge in [-0.05, 0) is 43.2 Å². The van der Waals surface area contributed by atoms with Gasteiger partial charge in [0.25, 0.3) is 0 Å². The predicted molar refractivity (Wildman–Crippen MR) is 109 cm³/mol. The highest BCUT2D eigenvalue weighted by Crippen LogP contribution is 2.32. The van der Waals surface area contributed by atoms with Gasteiger partial charge in [0.2, 0.25) is 17.7 Å². The monoisotopic (exact) mass is 398 g/mol. The topological polar surface area (TPSA) is 94.0 Å². The standard InChI is InChI=1S/C19H22N6O2S/c1-3-16(26)21-12-4-6-14(7-5-12)27-18-17-15(8-9-28-17)23-19(24-18)22-13-10-20-25(2)11-13/h3,8-12,14H,1,4-7H2,2H3,(H,21,26)(H,22,23,24). The summed E-state index contributed by atoms with van der Waals surface area (Å²) < 4.78 is 8.91. The van der Waals surface area contributed by atoms with Crippen molar-refractivity contribution >= 4 is 39.1 Å². The molecule has 1 aliphatic carbocycles. The summed E-state index contributed by atoms with van der Waals surface area (Å²) in [5.74, 6) is 0.970. The first-order chi connectivity index (χ1) is 13.6. The number of carbonyl (C=O) groups is 1. The summed E-state index contributed by atoms with van der Waals surface area (Å²) in [6, 6.07) is 2.14. The largest absolute Gasteiger partial charge is 0.473 e. The van der Waals surface area contributed by atoms with Gasteiger partial charge in [-0.25, -0.2) is 4.98 Å². The van der Waals surface area contributed by atoms with Crippen molar-refractivity contribution in [3.05, 3.63) is 36.5 Å². The van der Waals surface area contributed by atoms with Crippen molar-refractivity contribution in [2.45, 2.75) is 37.8 Å². The smallest absolute Gasteiger partial charge is 0.243 e. The fraction of sp³-hybridized carbons (Fsp3) is 0.368. The highest BCUT2D eigenvalue weighted by atomic mass is 32.1. The summed E-state index contributed by atoms with van der Waals surface area (Å²) in [6.45, 7) is 3.50. The van der Waals surface area contributed by atoms with E-state index in [1.807, 2.05) is 24.7 Å². The molecule has 3 aromatic heterocycles. The highest BCUT2D eigenvalue weighted by molar-refractivity contribution is 7.17. The van der Waals surface area contributed by atoms with Crippen LogP contribution in [0.2, 0.25) is 0 Å². The van der Waals surface area contributed by atoms with Crippen LogP contribution in [0.4, 0.5) is 11.6 Å². The first-order valence-electron chi connectivity index (χ1n) is 9.21. The van der Waals surface area contributed by atoms with E-state index in [2.05, 4.69) is 32.3 Å². The zero-order chi connectivity index (χ0) is 19.5. The van der Waals surface area contributed by atoms with Crippen molar-refractivity contribution in [3.63, 3.8) is 0 Å². The van der Waals surface area contributed by atoms with Gasteiger partial charge in [0.05, 0.1) is 17.4 Å². The van der Waals surface area contributed by atoms with Crippen LogP contribution in [0.1, 0.15) is 25.7 Å². The molecule has 146 valence electrons. The average molecular weight is 398 g/mol. The fourth-order valence-corrected chi connectivity index (χ4v) is 4.09. The first kappa shape index (κ1) is 18.4. The Morgan fingerprint density at radius 2 is 2.18 bits per heavy atom. The Morgan fingerprint density at radius 1 is 1.36 bits per heavy atom. The normalized spacial score (nSPS) is 19.3. The number of amides is 1. The van der Waals surface area contributed by atoms with E-state index in [4.69, 9.17) is 4.74 Å². The van der Waals surface area contributed by atoms with Crippen molar-refractivity contribution in [3.8, 4) is 5.88 Å². The zero-order valence-corrected chi connectivity index (χ0v) is 16.4. The second-order valence-electron chi connectivity index (χ2n) is 6.82. The Kier molecular flexibility index (Phi) is 5.25. The molecule has 0 atom stereocenters. The summed E-state index contributed by atoms with van der Waals surface area (Å²) in [7, 11) is 1.86. The van der Waals surface area contributed by atoms with Gasteiger partial charge in [0.15, 0.2) is 0 Å². The molecular weight excluding hydrogens is 376 g/mol. The van der Waals surface area contributed by atoms with Crippen LogP contribution in [0.15, 0.2) is 36.5 Å². The summed E-state index contributed by atoms with van der Waals surface area (Å²) >= 11 is 1.57. The zero-order valence-electron chi connectivity index (χ0n) is 15.6. The number of aromatic nitrogens is 4. The molecule has 0 aromatic carbocycles. The molecule has 1 saturated carbocycles. The van der Waals surface area contributed by atoms with Gasteiger partial charge >= 0.3 is 0 Å². The first-order valence-corrected chi connectivity index (χ1v) is 10.1. The van der Waals surface area contributed by atoms with Crippen LogP contribution in [0, 0.1) is 0 Å². The van der Waals surface area contributed by atoms with Crippen molar-refractivity contribution in [2.24, 2.45) is 7.05 Å². The van der Waals surface area contributed by atoms with Gasteiger partial charge < -0.3 is 15.4 Å². The number of thiophene rings is 1. The number of anilines is 2. The molecule has 0 aliphatic heterocycles. The molecule has 1 amide bonds. The second-order valence-corrected chi connectivity index (χ2v) is 7.74. The van der Waals surface area contributed by atoms with E-state index in [1.165, 1.54) is 6.08 Å². The molecule has 3 heterocycles. The number of nitrogens with zero attached hydrogens (tertiary/aromatic N) is 4. The minimum absolute atomic E-state index is 0.0725. The maximum absolute atomic E-state index is 11.5. The van der Waals surface area contributed by atoms with Crippen molar-refractivity contribution in [2.75, 3.05) is 5.32 Å². The number of aryl methyl sites for hydroxylation is 1. The molecule has 1 fully saturated rings. The van der Waals surface area contributed by atoms with Crippen LogP contribution in [-0.4, -0.2) is 37.8 Å². The van der Waals surface area contributed by atoms with Gasteiger partial charge in [0, 0.05) is 19.3 Å². The molecule has 0 spiro atoms. The number of carbonyl (C=O) groups excluding carboxylic acids is 1. The lowest BCUT2D eigenvalue weighted by molar-refractivity contribution is -0.117. The van der Waals surface area contributed by atoms with Gasteiger partial charge in [-0.15, -0.1) is 11.3 Å². The van der Waals surface area contributed by atoms with Crippen LogP contribution in [0.3, 0.4) is 0 Å². The lowest BCUT2D eigenvalue weighted by atomic mass is 9.93. The lowest BCUT2D eigenvalue weighted by Crippen LogP contribution is -2.39. The van der Waals surface area contributed by atoms with E-state index in [1.54, 1.807) is 22.2 Å². The Hall–Kier alpha value is -2.94. The average Bonchev–Trinajstić information content (AvgIpc) is 3.32. The third-order valence-electron chi connectivity index (χ3n) is 4.72. The molecule has 28 heavy (non-hydrogen) atoms. The molecule has 8 nitrogen and oxygen atoms in total. The van der Waals surface area contributed by atoms with Crippen LogP contribution in [0.25, 0.3) is 10.2 Å². The number of hydrogen-bond acceptors (Lipinski definition) is 7. The Bertz CT molecular complexity index is 989. The highest BCUT2D eigenvalue weighted by Gasteiger charge is 2.24. The van der Waals surface area contributed by atoms with Crippen LogP contribution < -0.4 is 15.4 Å². The van der Waals surface area contributed by atoms with Gasteiger partial charge in [-0.3, -0.25) is 9.48 Å². The number of ether oxygens (including phenoxy) is 1. The molecular formula is C19H22N6O2S. The summed E-state index contributed by atoms with van der Waals surface area (Å²) in [6.07, 6.45) is 8.46. The van der Waals surface area contributed by atoms with E-state index in [0.29, 0.717) is 11.8 Å². The third-order valence-corrected chi connectivity index (χ3v) is 5.61. The molecule has 0 saturated heterocycles. The summed E-state index contributed by atoms with van der Waals surface area (Å²) in [5.41, 5.74) is 1.68. The third kappa shape index (κ3) is 4.14. The molecule has 3 aromatic rings. The van der Waals surface area contributed by atoms with Gasteiger partial charge in [-0.1, -0.05) is 6.58 Å². The fourth-order valence-electron chi connectivity index (χ4n) is 3.33. The molecule has 0 bridgehead atoms. The van der Waals surface area contributed by atoms with Crippen LogP contribution in [-0.2, 0) is 11.8 Å². The minimum atomic E-state index is -0.119. The minimum Gasteiger partial charge on any atom is -0.473 e. The number of nitrogens with one attached hydrogen (secondary N) is 2.